The van der Waals surface area contributed by atoms with E-state index in [2.05, 4.69) is 61.6 Å². The predicted molar refractivity (Wildman–Crippen MR) is 91.1 cm³/mol. The van der Waals surface area contributed by atoms with Gasteiger partial charge in [0.2, 0.25) is 0 Å². The topological polar surface area (TPSA) is 0 Å². The molecule has 98 valence electrons. The monoisotopic (exact) mass is 294 g/mol. The number of benzene rings is 3. The summed E-state index contributed by atoms with van der Waals surface area (Å²) in [5.41, 5.74) is 2.79. The summed E-state index contributed by atoms with van der Waals surface area (Å²) in [6.07, 6.45) is 0. The molecule has 0 amide bonds. The third-order valence-electron chi connectivity index (χ3n) is 4.50. The normalized spacial score (nSPS) is 15.2. The van der Waals surface area contributed by atoms with Crippen molar-refractivity contribution < 1.29 is 0 Å². The fraction of sp³-hybridized carbons (Fsp3) is 0.111. The molecule has 0 aliphatic carbocycles. The molecule has 0 bridgehead atoms. The minimum Gasteiger partial charge on any atom is -0.0843 e. The molecule has 4 rings (SSSR count). The van der Waals surface area contributed by atoms with E-state index in [1.807, 2.05) is 6.07 Å². The van der Waals surface area contributed by atoms with Gasteiger partial charge in [-0.05, 0) is 44.4 Å². The predicted octanol–water partition coefficient (Wildman–Crippen LogP) is 4.30. The van der Waals surface area contributed by atoms with Crippen molar-refractivity contribution in [2.24, 2.45) is 0 Å². The van der Waals surface area contributed by atoms with Crippen molar-refractivity contribution in [3.8, 4) is 11.1 Å². The van der Waals surface area contributed by atoms with Gasteiger partial charge in [0.05, 0.1) is 0 Å². The van der Waals surface area contributed by atoms with E-state index in [0.29, 0.717) is 0 Å². The van der Waals surface area contributed by atoms with Crippen LogP contribution in [-0.4, -0.2) is 8.07 Å². The maximum absolute atomic E-state index is 6.23. The Hall–Kier alpha value is -1.57. The maximum Gasteiger partial charge on any atom is 0.114 e. The fourth-order valence-corrected chi connectivity index (χ4v) is 7.31. The number of hydrogen-bond donors (Lipinski definition) is 0. The van der Waals surface area contributed by atoms with E-state index in [1.165, 1.54) is 27.1 Å². The van der Waals surface area contributed by atoms with Crippen molar-refractivity contribution in [1.29, 1.82) is 0 Å². The smallest absolute Gasteiger partial charge is 0.0843 e. The third-order valence-corrected chi connectivity index (χ3v) is 8.28. The minimum atomic E-state index is -1.66. The lowest BCUT2D eigenvalue weighted by molar-refractivity contribution is 1.72. The highest BCUT2D eigenvalue weighted by Gasteiger charge is 2.38. The zero-order valence-corrected chi connectivity index (χ0v) is 13.3. The molecule has 0 unspecified atom stereocenters. The lowest BCUT2D eigenvalue weighted by Gasteiger charge is -2.20. The van der Waals surface area contributed by atoms with Gasteiger partial charge < -0.3 is 0 Å². The summed E-state index contributed by atoms with van der Waals surface area (Å²) in [5, 5.41) is 6.63. The molecule has 3 aromatic rings. The Morgan fingerprint density at radius 3 is 2.45 bits per heavy atom. The van der Waals surface area contributed by atoms with Crippen molar-refractivity contribution in [3.63, 3.8) is 0 Å². The highest BCUT2D eigenvalue weighted by Crippen LogP contribution is 2.32. The maximum atomic E-state index is 6.23. The summed E-state index contributed by atoms with van der Waals surface area (Å²) in [5.74, 6) is 0. The van der Waals surface area contributed by atoms with Gasteiger partial charge in [0.15, 0.2) is 0 Å². The van der Waals surface area contributed by atoms with Gasteiger partial charge in [-0.25, -0.2) is 0 Å². The highest BCUT2D eigenvalue weighted by atomic mass is 35.5. The summed E-state index contributed by atoms with van der Waals surface area (Å²) in [7, 11) is -1.66. The van der Waals surface area contributed by atoms with Crippen molar-refractivity contribution in [3.05, 3.63) is 59.6 Å². The van der Waals surface area contributed by atoms with Crippen molar-refractivity contribution in [2.45, 2.75) is 13.1 Å². The van der Waals surface area contributed by atoms with Crippen LogP contribution in [0.5, 0.6) is 0 Å². The quantitative estimate of drug-likeness (QED) is 0.542. The van der Waals surface area contributed by atoms with E-state index >= 15 is 0 Å². The van der Waals surface area contributed by atoms with Crippen molar-refractivity contribution in [1.82, 2.24) is 0 Å². The Labute approximate surface area is 125 Å². The molecule has 0 atom stereocenters. The van der Waals surface area contributed by atoms with Crippen LogP contribution in [0.1, 0.15) is 0 Å². The van der Waals surface area contributed by atoms with Crippen LogP contribution < -0.4 is 10.4 Å². The molecule has 0 radical (unpaired) electrons. The largest absolute Gasteiger partial charge is 0.114 e. The van der Waals surface area contributed by atoms with Crippen LogP contribution in [0, 0.1) is 0 Å². The second-order valence-electron chi connectivity index (χ2n) is 6.02. The molecule has 0 saturated carbocycles. The molecule has 0 spiro atoms. The van der Waals surface area contributed by atoms with Crippen LogP contribution in [0.3, 0.4) is 0 Å². The van der Waals surface area contributed by atoms with Crippen LogP contribution in [0.25, 0.3) is 21.9 Å². The van der Waals surface area contributed by atoms with Gasteiger partial charge in [-0.15, -0.1) is 0 Å². The zero-order valence-electron chi connectivity index (χ0n) is 11.6. The first kappa shape index (κ1) is 12.2. The lowest BCUT2D eigenvalue weighted by atomic mass is 10.0. The van der Waals surface area contributed by atoms with Gasteiger partial charge in [0.1, 0.15) is 8.07 Å². The van der Waals surface area contributed by atoms with Gasteiger partial charge >= 0.3 is 0 Å². The van der Waals surface area contributed by atoms with Crippen LogP contribution >= 0.6 is 11.6 Å². The first-order valence-corrected chi connectivity index (χ1v) is 10.3. The number of halogens is 1. The van der Waals surface area contributed by atoms with E-state index in [-0.39, 0.29) is 0 Å². The van der Waals surface area contributed by atoms with Gasteiger partial charge in [0, 0.05) is 5.02 Å². The molecule has 0 saturated heterocycles. The van der Waals surface area contributed by atoms with Crippen LogP contribution in [0.2, 0.25) is 18.1 Å². The van der Waals surface area contributed by atoms with Gasteiger partial charge in [-0.2, -0.15) is 0 Å². The van der Waals surface area contributed by atoms with E-state index in [9.17, 15) is 0 Å². The fourth-order valence-electron chi connectivity index (χ4n) is 3.57. The first-order valence-electron chi connectivity index (χ1n) is 6.92. The SMILES string of the molecule is C[Si]1(C)c2cc(Cl)ccc2-c2ccc3ccccc3c21. The number of rotatable bonds is 0. The van der Waals surface area contributed by atoms with Crippen LogP contribution in [0.4, 0.5) is 0 Å². The molecule has 2 heteroatoms. The molecule has 20 heavy (non-hydrogen) atoms. The van der Waals surface area contributed by atoms with Crippen molar-refractivity contribution in [2.75, 3.05) is 0 Å². The zero-order chi connectivity index (χ0) is 13.9. The minimum absolute atomic E-state index is 0.849. The molecule has 1 aliphatic heterocycles. The summed E-state index contributed by atoms with van der Waals surface area (Å²) >= 11 is 6.23. The molecule has 0 fully saturated rings. The number of fused-ring (bicyclic) bond motifs is 5. The van der Waals surface area contributed by atoms with E-state index in [1.54, 1.807) is 5.19 Å². The Morgan fingerprint density at radius 2 is 1.60 bits per heavy atom. The summed E-state index contributed by atoms with van der Waals surface area (Å²) < 4.78 is 0. The third kappa shape index (κ3) is 1.48. The average molecular weight is 295 g/mol. The van der Waals surface area contributed by atoms with E-state index in [0.717, 1.165) is 5.02 Å². The molecule has 0 aromatic heterocycles. The number of hydrogen-bond acceptors (Lipinski definition) is 0. The average Bonchev–Trinajstić information content (AvgIpc) is 2.67. The molecule has 1 aliphatic rings. The molecule has 0 N–H and O–H groups in total. The van der Waals surface area contributed by atoms with Gasteiger partial charge in [0.25, 0.3) is 0 Å². The van der Waals surface area contributed by atoms with Crippen LogP contribution in [-0.2, 0) is 0 Å². The standard InChI is InChI=1S/C18H15ClSi/c1-20(2)17-11-13(19)8-10-15(17)16-9-7-12-5-3-4-6-14(12)18(16)20/h3-11H,1-2H3. The van der Waals surface area contributed by atoms with E-state index < -0.39 is 8.07 Å². The second kappa shape index (κ2) is 3.97. The Kier molecular flexibility index (Phi) is 2.42. The molecular weight excluding hydrogens is 280 g/mol. The summed E-state index contributed by atoms with van der Waals surface area (Å²) in [6, 6.07) is 19.6. The second-order valence-corrected chi connectivity index (χ2v) is 10.7. The van der Waals surface area contributed by atoms with Gasteiger partial charge in [-0.3, -0.25) is 0 Å². The van der Waals surface area contributed by atoms with Crippen LogP contribution in [0.15, 0.2) is 54.6 Å². The Morgan fingerprint density at radius 1 is 0.850 bits per heavy atom. The Bertz CT molecular complexity index is 849. The Balaban J connectivity index is 2.17. The molecule has 0 nitrogen and oxygen atoms in total. The summed E-state index contributed by atoms with van der Waals surface area (Å²) in [4.78, 5) is 0. The highest BCUT2D eigenvalue weighted by molar-refractivity contribution is 7.05. The lowest BCUT2D eigenvalue weighted by Crippen LogP contribution is -2.49. The molecule has 3 aromatic carbocycles. The molecule has 1 heterocycles. The summed E-state index contributed by atoms with van der Waals surface area (Å²) in [6.45, 7) is 4.86. The first-order chi connectivity index (χ1) is 9.59. The van der Waals surface area contributed by atoms with Crippen molar-refractivity contribution >= 4 is 40.8 Å². The van der Waals surface area contributed by atoms with Gasteiger partial charge in [-0.1, -0.05) is 67.2 Å². The van der Waals surface area contributed by atoms with E-state index in [4.69, 9.17) is 11.6 Å². The molecular formula is C18H15ClSi.